The molecule has 0 unspecified atom stereocenters. The van der Waals surface area contributed by atoms with E-state index in [4.69, 9.17) is 9.47 Å². The highest BCUT2D eigenvalue weighted by molar-refractivity contribution is 6.09. The normalized spacial score (nSPS) is 10.3. The van der Waals surface area contributed by atoms with Gasteiger partial charge in [0.15, 0.2) is 5.78 Å². The maximum absolute atomic E-state index is 12.5. The van der Waals surface area contributed by atoms with Gasteiger partial charge in [-0.1, -0.05) is 26.2 Å². The van der Waals surface area contributed by atoms with Crippen LogP contribution in [0.1, 0.15) is 55.5 Å². The number of unbranched alkanes of at least 4 members (excludes halogenated alkanes) is 3. The Morgan fingerprint density at radius 1 is 0.800 bits per heavy atom. The molecule has 0 atom stereocenters. The Morgan fingerprint density at radius 3 is 1.88 bits per heavy atom. The summed E-state index contributed by atoms with van der Waals surface area (Å²) in [5.41, 5.74) is 1.14. The van der Waals surface area contributed by atoms with E-state index in [-0.39, 0.29) is 11.8 Å². The molecule has 4 nitrogen and oxygen atoms in total. The van der Waals surface area contributed by atoms with Crippen LogP contribution in [-0.2, 0) is 4.79 Å². The molecule has 2 rings (SSSR count). The molecule has 0 fully saturated rings. The van der Waals surface area contributed by atoms with Crippen molar-refractivity contribution < 1.29 is 19.1 Å². The van der Waals surface area contributed by atoms with Crippen molar-refractivity contribution in [2.75, 3.05) is 6.61 Å². The topological polar surface area (TPSA) is 52.6 Å². The first kappa shape index (κ1) is 18.7. The van der Waals surface area contributed by atoms with Gasteiger partial charge in [0.2, 0.25) is 0 Å². The van der Waals surface area contributed by atoms with Crippen molar-refractivity contribution in [3.05, 3.63) is 59.7 Å². The number of hydrogen-bond acceptors (Lipinski definition) is 4. The van der Waals surface area contributed by atoms with Crippen LogP contribution >= 0.6 is 0 Å². The van der Waals surface area contributed by atoms with E-state index >= 15 is 0 Å². The van der Waals surface area contributed by atoms with Gasteiger partial charge in [-0.05, 0) is 55.0 Å². The molecule has 0 amide bonds. The molecular weight excluding hydrogens is 316 g/mol. The van der Waals surface area contributed by atoms with Gasteiger partial charge in [0, 0.05) is 18.1 Å². The molecule has 0 aromatic heterocycles. The fourth-order valence-corrected chi connectivity index (χ4v) is 2.43. The monoisotopic (exact) mass is 340 g/mol. The average Bonchev–Trinajstić information content (AvgIpc) is 2.62. The highest BCUT2D eigenvalue weighted by Crippen LogP contribution is 2.18. The number of benzene rings is 2. The Kier molecular flexibility index (Phi) is 7.20. The van der Waals surface area contributed by atoms with E-state index in [0.29, 0.717) is 23.5 Å². The van der Waals surface area contributed by atoms with Crippen molar-refractivity contribution in [2.45, 2.75) is 39.5 Å². The molecule has 0 N–H and O–H groups in total. The smallest absolute Gasteiger partial charge is 0.308 e. The summed E-state index contributed by atoms with van der Waals surface area (Å²) >= 11 is 0. The Morgan fingerprint density at radius 2 is 1.36 bits per heavy atom. The number of rotatable bonds is 9. The van der Waals surface area contributed by atoms with E-state index < -0.39 is 0 Å². The van der Waals surface area contributed by atoms with Crippen LogP contribution in [0.4, 0.5) is 0 Å². The average molecular weight is 340 g/mol. The standard InChI is InChI=1S/C21H24O4/c1-3-4-5-6-15-24-19-11-7-17(8-12-19)21(23)18-9-13-20(14-10-18)25-16(2)22/h7-14H,3-6,15H2,1-2H3. The van der Waals surface area contributed by atoms with Crippen LogP contribution in [0.25, 0.3) is 0 Å². The van der Waals surface area contributed by atoms with Crippen molar-refractivity contribution >= 4 is 11.8 Å². The first-order chi connectivity index (χ1) is 12.1. The number of carbonyl (C=O) groups excluding carboxylic acids is 2. The third-order valence-electron chi connectivity index (χ3n) is 3.76. The number of carbonyl (C=O) groups is 2. The van der Waals surface area contributed by atoms with Crippen LogP contribution in [0.15, 0.2) is 48.5 Å². The minimum absolute atomic E-state index is 0.0797. The van der Waals surface area contributed by atoms with Gasteiger partial charge < -0.3 is 9.47 Å². The van der Waals surface area contributed by atoms with Gasteiger partial charge in [0.25, 0.3) is 0 Å². The Bertz CT molecular complexity index is 687. The molecule has 0 heterocycles. The summed E-state index contributed by atoms with van der Waals surface area (Å²) in [5.74, 6) is 0.738. The summed E-state index contributed by atoms with van der Waals surface area (Å²) in [4.78, 5) is 23.4. The number of ketones is 1. The minimum Gasteiger partial charge on any atom is -0.494 e. The summed E-state index contributed by atoms with van der Waals surface area (Å²) in [6.07, 6.45) is 4.66. The molecule has 0 radical (unpaired) electrons. The van der Waals surface area contributed by atoms with Gasteiger partial charge in [-0.15, -0.1) is 0 Å². The summed E-state index contributed by atoms with van der Waals surface area (Å²) in [7, 11) is 0. The molecule has 4 heteroatoms. The van der Waals surface area contributed by atoms with Crippen LogP contribution in [0.2, 0.25) is 0 Å². The number of hydrogen-bond donors (Lipinski definition) is 0. The van der Waals surface area contributed by atoms with Crippen LogP contribution in [0.3, 0.4) is 0 Å². The second-order valence-corrected chi connectivity index (χ2v) is 5.88. The van der Waals surface area contributed by atoms with Gasteiger partial charge in [-0.3, -0.25) is 9.59 Å². The van der Waals surface area contributed by atoms with Crippen molar-refractivity contribution in [1.29, 1.82) is 0 Å². The molecular formula is C21H24O4. The van der Waals surface area contributed by atoms with Gasteiger partial charge in [0.05, 0.1) is 6.61 Å². The van der Waals surface area contributed by atoms with E-state index in [2.05, 4.69) is 6.92 Å². The first-order valence-corrected chi connectivity index (χ1v) is 8.66. The summed E-state index contributed by atoms with van der Waals surface area (Å²) in [5, 5.41) is 0. The molecule has 0 aliphatic rings. The highest BCUT2D eigenvalue weighted by atomic mass is 16.5. The lowest BCUT2D eigenvalue weighted by Crippen LogP contribution is -2.04. The third kappa shape index (κ3) is 6.07. The Balaban J connectivity index is 1.92. The fraction of sp³-hybridized carbons (Fsp3) is 0.333. The van der Waals surface area contributed by atoms with Crippen LogP contribution < -0.4 is 9.47 Å². The molecule has 132 valence electrons. The molecule has 25 heavy (non-hydrogen) atoms. The molecule has 0 spiro atoms. The van der Waals surface area contributed by atoms with E-state index in [1.54, 1.807) is 36.4 Å². The van der Waals surface area contributed by atoms with Crippen molar-refractivity contribution in [2.24, 2.45) is 0 Å². The summed E-state index contributed by atoms with van der Waals surface area (Å²) in [6, 6.07) is 13.7. The fourth-order valence-electron chi connectivity index (χ4n) is 2.43. The molecule has 2 aromatic rings. The van der Waals surface area contributed by atoms with Crippen molar-refractivity contribution in [3.8, 4) is 11.5 Å². The summed E-state index contributed by atoms with van der Waals surface area (Å²) in [6.45, 7) is 4.22. The quantitative estimate of drug-likeness (QED) is 0.285. The number of esters is 1. The highest BCUT2D eigenvalue weighted by Gasteiger charge is 2.10. The predicted octanol–water partition coefficient (Wildman–Crippen LogP) is 4.80. The van der Waals surface area contributed by atoms with Crippen LogP contribution in [-0.4, -0.2) is 18.4 Å². The zero-order valence-electron chi connectivity index (χ0n) is 14.8. The lowest BCUT2D eigenvalue weighted by molar-refractivity contribution is -0.131. The maximum atomic E-state index is 12.5. The molecule has 0 bridgehead atoms. The zero-order valence-corrected chi connectivity index (χ0v) is 14.8. The van der Waals surface area contributed by atoms with Gasteiger partial charge in [0.1, 0.15) is 11.5 Å². The molecule has 0 saturated carbocycles. The van der Waals surface area contributed by atoms with Gasteiger partial charge in [-0.25, -0.2) is 0 Å². The molecule has 0 aliphatic heterocycles. The zero-order chi connectivity index (χ0) is 18.1. The van der Waals surface area contributed by atoms with E-state index in [9.17, 15) is 9.59 Å². The van der Waals surface area contributed by atoms with E-state index in [0.717, 1.165) is 12.2 Å². The van der Waals surface area contributed by atoms with Crippen LogP contribution in [0.5, 0.6) is 11.5 Å². The lowest BCUT2D eigenvalue weighted by atomic mass is 10.0. The van der Waals surface area contributed by atoms with Gasteiger partial charge >= 0.3 is 5.97 Å². The third-order valence-corrected chi connectivity index (χ3v) is 3.76. The Labute approximate surface area is 148 Å². The second-order valence-electron chi connectivity index (χ2n) is 5.88. The molecule has 0 aliphatic carbocycles. The van der Waals surface area contributed by atoms with Crippen molar-refractivity contribution in [3.63, 3.8) is 0 Å². The van der Waals surface area contributed by atoms with E-state index in [1.807, 2.05) is 12.1 Å². The maximum Gasteiger partial charge on any atom is 0.308 e. The second kappa shape index (κ2) is 9.62. The lowest BCUT2D eigenvalue weighted by Gasteiger charge is -2.07. The summed E-state index contributed by atoms with van der Waals surface area (Å²) < 4.78 is 10.7. The molecule has 2 aromatic carbocycles. The van der Waals surface area contributed by atoms with Gasteiger partial charge in [-0.2, -0.15) is 0 Å². The minimum atomic E-state index is -0.385. The number of ether oxygens (including phenoxy) is 2. The SMILES string of the molecule is CCCCCCOc1ccc(C(=O)c2ccc(OC(C)=O)cc2)cc1. The van der Waals surface area contributed by atoms with Crippen molar-refractivity contribution in [1.82, 2.24) is 0 Å². The Hall–Kier alpha value is -2.62. The van der Waals surface area contributed by atoms with E-state index in [1.165, 1.54) is 26.2 Å². The first-order valence-electron chi connectivity index (χ1n) is 8.66. The van der Waals surface area contributed by atoms with Crippen LogP contribution in [0, 0.1) is 0 Å². The predicted molar refractivity (Wildman–Crippen MR) is 97.3 cm³/mol. The largest absolute Gasteiger partial charge is 0.494 e. The molecule has 0 saturated heterocycles.